The van der Waals surface area contributed by atoms with E-state index in [1.54, 1.807) is 0 Å². The number of methoxy groups -OCH3 is 1. The van der Waals surface area contributed by atoms with Crippen molar-refractivity contribution >= 4 is 23.7 Å². The maximum absolute atomic E-state index is 11.7. The van der Waals surface area contributed by atoms with Gasteiger partial charge in [-0.15, -0.1) is 11.6 Å². The van der Waals surface area contributed by atoms with E-state index in [-0.39, 0.29) is 12.3 Å². The second-order valence-corrected chi connectivity index (χ2v) is 4.04. The Morgan fingerprint density at radius 3 is 2.56 bits per heavy atom. The summed E-state index contributed by atoms with van der Waals surface area (Å²) in [6.45, 7) is 4.02. The first-order chi connectivity index (χ1) is 7.47. The molecule has 1 heterocycles. The molecule has 0 spiro atoms. The Kier molecular flexibility index (Phi) is 3.80. The zero-order valence-electron chi connectivity index (χ0n) is 9.03. The molecule has 6 heteroatoms. The Hall–Kier alpha value is -1.23. The summed E-state index contributed by atoms with van der Waals surface area (Å²) in [6.07, 6.45) is -0.462. The fourth-order valence-electron chi connectivity index (χ4n) is 1.89. The minimum absolute atomic E-state index is 0.201. The number of alkyl halides is 1. The van der Waals surface area contributed by atoms with Gasteiger partial charge < -0.3 is 9.84 Å². The molecular formula is C10H14ClNO4. The van der Waals surface area contributed by atoms with E-state index in [1.807, 2.05) is 0 Å². The number of nitrogens with zero attached hydrogens (tertiary/aromatic N) is 1. The number of carbonyl (C=O) groups is 2. The number of halogens is 1. The molecule has 1 aliphatic rings. The van der Waals surface area contributed by atoms with Gasteiger partial charge in [-0.25, -0.2) is 9.59 Å². The molecule has 1 amide bonds. The van der Waals surface area contributed by atoms with Crippen LogP contribution in [0.4, 0.5) is 4.79 Å². The number of carbonyl (C=O) groups excluding carboxylic acids is 1. The number of ether oxygens (including phenoxy) is 1. The summed E-state index contributed by atoms with van der Waals surface area (Å²) in [5.41, 5.74) is -0.495. The van der Waals surface area contributed by atoms with Crippen LogP contribution in [0, 0.1) is 0 Å². The molecule has 0 saturated carbocycles. The van der Waals surface area contributed by atoms with Gasteiger partial charge in [0.1, 0.15) is 5.54 Å². The Balaban J connectivity index is 2.90. The maximum Gasteiger partial charge on any atom is 0.408 e. The first kappa shape index (κ1) is 12.8. The summed E-state index contributed by atoms with van der Waals surface area (Å²) in [6, 6.07) is 0. The van der Waals surface area contributed by atoms with Gasteiger partial charge in [-0.3, -0.25) is 4.90 Å². The second-order valence-electron chi connectivity index (χ2n) is 3.77. The Morgan fingerprint density at radius 1 is 1.62 bits per heavy atom. The van der Waals surface area contributed by atoms with Crippen molar-refractivity contribution in [3.8, 4) is 0 Å². The lowest BCUT2D eigenvalue weighted by Crippen LogP contribution is -2.66. The van der Waals surface area contributed by atoms with E-state index in [9.17, 15) is 9.59 Å². The third-order valence-corrected chi connectivity index (χ3v) is 3.17. The maximum atomic E-state index is 11.7. The first-order valence-corrected chi connectivity index (χ1v) is 5.33. The summed E-state index contributed by atoms with van der Waals surface area (Å²) in [4.78, 5) is 23.7. The van der Waals surface area contributed by atoms with Crippen molar-refractivity contribution in [3.63, 3.8) is 0 Å². The molecule has 1 N–H and O–H groups in total. The van der Waals surface area contributed by atoms with Crippen molar-refractivity contribution < 1.29 is 19.4 Å². The molecule has 0 radical (unpaired) electrons. The molecule has 0 aliphatic carbocycles. The van der Waals surface area contributed by atoms with Gasteiger partial charge in [-0.2, -0.15) is 0 Å². The van der Waals surface area contributed by atoms with Crippen LogP contribution < -0.4 is 0 Å². The highest BCUT2D eigenvalue weighted by molar-refractivity contribution is 6.19. The van der Waals surface area contributed by atoms with Gasteiger partial charge in [-0.05, 0) is 6.42 Å². The van der Waals surface area contributed by atoms with Gasteiger partial charge in [0.25, 0.3) is 0 Å². The highest BCUT2D eigenvalue weighted by Crippen LogP contribution is 2.37. The third-order valence-electron chi connectivity index (χ3n) is 2.79. The molecule has 0 aromatic carbocycles. The van der Waals surface area contributed by atoms with Crippen molar-refractivity contribution in [1.29, 1.82) is 0 Å². The summed E-state index contributed by atoms with van der Waals surface area (Å²) in [5.74, 6) is -0.348. The average molecular weight is 248 g/mol. The van der Waals surface area contributed by atoms with Crippen LogP contribution in [-0.2, 0) is 9.53 Å². The van der Waals surface area contributed by atoms with E-state index in [1.165, 1.54) is 7.11 Å². The Labute approximate surface area is 98.6 Å². The van der Waals surface area contributed by atoms with Crippen LogP contribution in [0.5, 0.6) is 0 Å². The lowest BCUT2D eigenvalue weighted by atomic mass is 9.80. The van der Waals surface area contributed by atoms with E-state index >= 15 is 0 Å². The highest BCUT2D eigenvalue weighted by atomic mass is 35.5. The van der Waals surface area contributed by atoms with E-state index in [4.69, 9.17) is 16.7 Å². The molecular weight excluding hydrogens is 234 g/mol. The lowest BCUT2D eigenvalue weighted by molar-refractivity contribution is -0.162. The number of hydrogen-bond donors (Lipinski definition) is 1. The van der Waals surface area contributed by atoms with E-state index in [0.29, 0.717) is 18.5 Å². The number of likely N-dealkylation sites (tertiary alicyclic amines) is 1. The quantitative estimate of drug-likeness (QED) is 0.464. The minimum atomic E-state index is -1.13. The van der Waals surface area contributed by atoms with Gasteiger partial charge in [0.05, 0.1) is 7.11 Å². The van der Waals surface area contributed by atoms with Crippen LogP contribution in [0.1, 0.15) is 12.8 Å². The average Bonchev–Trinajstić information content (AvgIpc) is 2.21. The van der Waals surface area contributed by atoms with Crippen molar-refractivity contribution in [2.75, 3.05) is 19.5 Å². The molecule has 90 valence electrons. The van der Waals surface area contributed by atoms with E-state index in [0.717, 1.165) is 4.90 Å². The van der Waals surface area contributed by atoms with Crippen LogP contribution in [0.2, 0.25) is 0 Å². The Bertz CT molecular complexity index is 331. The minimum Gasteiger partial charge on any atom is -0.467 e. The SMILES string of the molecule is C=C(CCl)CC1(C(=O)OC)CCN1C(=O)O. The Morgan fingerprint density at radius 2 is 2.25 bits per heavy atom. The predicted octanol–water partition coefficient (Wildman–Crippen LogP) is 1.47. The van der Waals surface area contributed by atoms with Crippen LogP contribution in [-0.4, -0.2) is 47.1 Å². The number of carboxylic acid groups (broad SMARTS) is 1. The second kappa shape index (κ2) is 4.74. The van der Waals surface area contributed by atoms with Crippen LogP contribution in [0.25, 0.3) is 0 Å². The molecule has 1 fully saturated rings. The van der Waals surface area contributed by atoms with Crippen molar-refractivity contribution in [2.24, 2.45) is 0 Å². The first-order valence-electron chi connectivity index (χ1n) is 4.79. The van der Waals surface area contributed by atoms with Crippen molar-refractivity contribution in [3.05, 3.63) is 12.2 Å². The monoisotopic (exact) mass is 247 g/mol. The summed E-state index contributed by atoms with van der Waals surface area (Å²) >= 11 is 5.60. The lowest BCUT2D eigenvalue weighted by Gasteiger charge is -2.48. The van der Waals surface area contributed by atoms with E-state index < -0.39 is 17.6 Å². The number of esters is 1. The topological polar surface area (TPSA) is 66.8 Å². The zero-order valence-corrected chi connectivity index (χ0v) is 9.79. The molecule has 0 aromatic rings. The molecule has 5 nitrogen and oxygen atoms in total. The third kappa shape index (κ3) is 2.00. The molecule has 16 heavy (non-hydrogen) atoms. The van der Waals surface area contributed by atoms with Gasteiger partial charge in [-0.1, -0.05) is 12.2 Å². The number of rotatable bonds is 4. The summed E-state index contributed by atoms with van der Waals surface area (Å²) in [5, 5.41) is 8.95. The summed E-state index contributed by atoms with van der Waals surface area (Å²) < 4.78 is 4.66. The number of hydrogen-bond acceptors (Lipinski definition) is 3. The van der Waals surface area contributed by atoms with Gasteiger partial charge in [0.2, 0.25) is 0 Å². The molecule has 0 aromatic heterocycles. The fraction of sp³-hybridized carbons (Fsp3) is 0.600. The molecule has 1 aliphatic heterocycles. The molecule has 1 atom stereocenters. The normalized spacial score (nSPS) is 23.5. The largest absolute Gasteiger partial charge is 0.467 e. The fourth-order valence-corrected chi connectivity index (χ4v) is 1.99. The van der Waals surface area contributed by atoms with E-state index in [2.05, 4.69) is 11.3 Å². The molecule has 1 saturated heterocycles. The van der Waals surface area contributed by atoms with Crippen molar-refractivity contribution in [1.82, 2.24) is 4.90 Å². The molecule has 0 bridgehead atoms. The van der Waals surface area contributed by atoms with Crippen molar-refractivity contribution in [2.45, 2.75) is 18.4 Å². The van der Waals surface area contributed by atoms with Gasteiger partial charge in [0.15, 0.2) is 0 Å². The highest BCUT2D eigenvalue weighted by Gasteiger charge is 2.54. The van der Waals surface area contributed by atoms with Gasteiger partial charge >= 0.3 is 12.1 Å². The zero-order chi connectivity index (χ0) is 12.3. The van der Waals surface area contributed by atoms with Crippen LogP contribution in [0.3, 0.4) is 0 Å². The van der Waals surface area contributed by atoms with Crippen LogP contribution in [0.15, 0.2) is 12.2 Å². The summed E-state index contributed by atoms with van der Waals surface area (Å²) in [7, 11) is 1.24. The number of amides is 1. The standard InChI is InChI=1S/C10H14ClNO4/c1-7(6-11)5-10(8(13)16-2)3-4-12(10)9(14)15/h1,3-6H2,2H3,(H,14,15). The predicted molar refractivity (Wildman–Crippen MR) is 58.6 cm³/mol. The van der Waals surface area contributed by atoms with Crippen LogP contribution >= 0.6 is 11.6 Å². The molecule has 1 rings (SSSR count). The smallest absolute Gasteiger partial charge is 0.408 e. The molecule has 1 unspecified atom stereocenters. The van der Waals surface area contributed by atoms with Gasteiger partial charge in [0, 0.05) is 18.8 Å².